The summed E-state index contributed by atoms with van der Waals surface area (Å²) >= 11 is 0. The highest BCUT2D eigenvalue weighted by molar-refractivity contribution is 6.54. The van der Waals surface area contributed by atoms with Crippen molar-refractivity contribution >= 4 is 7.12 Å². The van der Waals surface area contributed by atoms with Crippen LogP contribution < -0.4 is 0 Å². The number of aromatic nitrogens is 2. The smallest absolute Gasteiger partial charge is 0.400 e. The topological polar surface area (TPSA) is 50.4 Å². The van der Waals surface area contributed by atoms with Crippen LogP contribution in [0, 0.1) is 13.8 Å². The third kappa shape index (κ3) is 3.12. The van der Waals surface area contributed by atoms with Gasteiger partial charge in [-0.1, -0.05) is 6.08 Å². The first kappa shape index (κ1) is 16.7. The quantitative estimate of drug-likeness (QED) is 0.871. The van der Waals surface area contributed by atoms with Crippen LogP contribution in [-0.2, 0) is 15.9 Å². The predicted molar refractivity (Wildman–Crippen MR) is 92.1 cm³/mol. The summed E-state index contributed by atoms with van der Waals surface area (Å²) in [5.74, 6) is 0. The van der Waals surface area contributed by atoms with Gasteiger partial charge >= 0.3 is 7.12 Å². The SMILES string of the molecule is Cc1n[nH]c(C)c1CN1CC=C(B2OC(C)(C)C(C)(C)O2)CC1. The van der Waals surface area contributed by atoms with Crippen LogP contribution in [0.2, 0.25) is 0 Å². The van der Waals surface area contributed by atoms with Gasteiger partial charge in [-0.3, -0.25) is 10.00 Å². The zero-order valence-corrected chi connectivity index (χ0v) is 15.2. The van der Waals surface area contributed by atoms with E-state index >= 15 is 0 Å². The zero-order valence-electron chi connectivity index (χ0n) is 15.2. The highest BCUT2D eigenvalue weighted by Gasteiger charge is 2.52. The van der Waals surface area contributed by atoms with Gasteiger partial charge in [0.05, 0.1) is 16.9 Å². The molecule has 0 aliphatic carbocycles. The summed E-state index contributed by atoms with van der Waals surface area (Å²) in [5.41, 5.74) is 4.34. The Morgan fingerprint density at radius 3 is 2.35 bits per heavy atom. The molecule has 0 amide bonds. The van der Waals surface area contributed by atoms with Crippen molar-refractivity contribution in [2.24, 2.45) is 0 Å². The zero-order chi connectivity index (χ0) is 16.8. The molecule has 23 heavy (non-hydrogen) atoms. The normalized spacial score (nSPS) is 24.1. The monoisotopic (exact) mass is 317 g/mol. The van der Waals surface area contributed by atoms with E-state index < -0.39 is 0 Å². The molecule has 0 radical (unpaired) electrons. The van der Waals surface area contributed by atoms with Crippen molar-refractivity contribution in [3.63, 3.8) is 0 Å². The third-order valence-electron chi connectivity index (χ3n) is 5.55. The van der Waals surface area contributed by atoms with Crippen LogP contribution in [0.4, 0.5) is 0 Å². The van der Waals surface area contributed by atoms with Gasteiger partial charge in [0.1, 0.15) is 0 Å². The molecule has 0 bridgehead atoms. The molecule has 1 aromatic rings. The van der Waals surface area contributed by atoms with E-state index in [1.807, 2.05) is 0 Å². The van der Waals surface area contributed by atoms with E-state index in [-0.39, 0.29) is 18.3 Å². The van der Waals surface area contributed by atoms with Gasteiger partial charge in [0, 0.05) is 30.9 Å². The predicted octanol–water partition coefficient (Wildman–Crippen LogP) is 2.79. The molecule has 3 heterocycles. The molecule has 0 aromatic carbocycles. The maximum Gasteiger partial charge on any atom is 0.490 e. The summed E-state index contributed by atoms with van der Waals surface area (Å²) in [6.07, 6.45) is 3.27. The van der Waals surface area contributed by atoms with E-state index in [1.165, 1.54) is 16.7 Å². The molecule has 0 spiro atoms. The average molecular weight is 317 g/mol. The summed E-state index contributed by atoms with van der Waals surface area (Å²) in [6, 6.07) is 0. The van der Waals surface area contributed by atoms with Crippen LogP contribution in [0.1, 0.15) is 51.1 Å². The molecule has 1 aromatic heterocycles. The van der Waals surface area contributed by atoms with Gasteiger partial charge < -0.3 is 9.31 Å². The first-order valence-corrected chi connectivity index (χ1v) is 8.47. The van der Waals surface area contributed by atoms with Crippen molar-refractivity contribution in [2.75, 3.05) is 13.1 Å². The number of nitrogens with one attached hydrogen (secondary N) is 1. The summed E-state index contributed by atoms with van der Waals surface area (Å²) in [6.45, 7) is 15.5. The van der Waals surface area contributed by atoms with Crippen LogP contribution in [0.3, 0.4) is 0 Å². The lowest BCUT2D eigenvalue weighted by molar-refractivity contribution is 0.00578. The van der Waals surface area contributed by atoms with Crippen molar-refractivity contribution in [2.45, 2.75) is 65.7 Å². The maximum absolute atomic E-state index is 6.16. The van der Waals surface area contributed by atoms with Crippen molar-refractivity contribution in [1.82, 2.24) is 15.1 Å². The number of rotatable bonds is 3. The summed E-state index contributed by atoms with van der Waals surface area (Å²) in [5, 5.41) is 7.35. The number of hydrogen-bond donors (Lipinski definition) is 1. The molecule has 126 valence electrons. The molecule has 0 atom stereocenters. The molecule has 1 fully saturated rings. The molecule has 2 aliphatic heterocycles. The van der Waals surface area contributed by atoms with Crippen molar-refractivity contribution in [3.8, 4) is 0 Å². The second kappa shape index (κ2) is 5.76. The molecule has 0 unspecified atom stereocenters. The lowest BCUT2D eigenvalue weighted by atomic mass is 9.74. The van der Waals surface area contributed by atoms with E-state index in [4.69, 9.17) is 9.31 Å². The maximum atomic E-state index is 6.16. The fourth-order valence-corrected chi connectivity index (χ4v) is 3.11. The van der Waals surface area contributed by atoms with Gasteiger partial charge in [0.15, 0.2) is 0 Å². The van der Waals surface area contributed by atoms with Crippen molar-refractivity contribution in [1.29, 1.82) is 0 Å². The van der Waals surface area contributed by atoms with Gasteiger partial charge in [-0.25, -0.2) is 0 Å². The molecule has 1 saturated heterocycles. The van der Waals surface area contributed by atoms with Crippen LogP contribution >= 0.6 is 0 Å². The second-order valence-electron chi connectivity index (χ2n) is 7.76. The highest BCUT2D eigenvalue weighted by Crippen LogP contribution is 2.39. The van der Waals surface area contributed by atoms with E-state index in [1.54, 1.807) is 0 Å². The Kier molecular flexibility index (Phi) is 4.19. The lowest BCUT2D eigenvalue weighted by Gasteiger charge is -2.32. The van der Waals surface area contributed by atoms with Gasteiger partial charge in [0.2, 0.25) is 0 Å². The fourth-order valence-electron chi connectivity index (χ4n) is 3.11. The average Bonchev–Trinajstić information content (AvgIpc) is 2.89. The molecule has 0 saturated carbocycles. The van der Waals surface area contributed by atoms with Gasteiger partial charge in [-0.2, -0.15) is 5.10 Å². The highest BCUT2D eigenvalue weighted by atomic mass is 16.7. The summed E-state index contributed by atoms with van der Waals surface area (Å²) in [7, 11) is -0.195. The molecule has 6 heteroatoms. The van der Waals surface area contributed by atoms with Crippen molar-refractivity contribution < 1.29 is 9.31 Å². The molecule has 3 rings (SSSR count). The minimum absolute atomic E-state index is 0.195. The first-order chi connectivity index (χ1) is 10.7. The van der Waals surface area contributed by atoms with Crippen LogP contribution in [-0.4, -0.2) is 46.5 Å². The van der Waals surface area contributed by atoms with E-state index in [9.17, 15) is 0 Å². The second-order valence-corrected chi connectivity index (χ2v) is 7.76. The summed E-state index contributed by atoms with van der Waals surface area (Å²) in [4.78, 5) is 2.44. The van der Waals surface area contributed by atoms with Crippen molar-refractivity contribution in [3.05, 3.63) is 28.5 Å². The number of H-pyrrole nitrogens is 1. The minimum Gasteiger partial charge on any atom is -0.400 e. The first-order valence-electron chi connectivity index (χ1n) is 8.47. The lowest BCUT2D eigenvalue weighted by Crippen LogP contribution is -2.41. The Balaban J connectivity index is 1.63. The molecular weight excluding hydrogens is 289 g/mol. The van der Waals surface area contributed by atoms with E-state index in [0.29, 0.717) is 0 Å². The molecule has 5 nitrogen and oxygen atoms in total. The summed E-state index contributed by atoms with van der Waals surface area (Å²) < 4.78 is 12.3. The van der Waals surface area contributed by atoms with E-state index in [0.717, 1.165) is 31.7 Å². The number of nitrogens with zero attached hydrogens (tertiary/aromatic N) is 2. The third-order valence-corrected chi connectivity index (χ3v) is 5.55. The fraction of sp³-hybridized carbons (Fsp3) is 0.706. The molecular formula is C17H28BN3O2. The Morgan fingerprint density at radius 2 is 1.87 bits per heavy atom. The Morgan fingerprint density at radius 1 is 1.22 bits per heavy atom. The number of hydrogen-bond acceptors (Lipinski definition) is 4. The number of aryl methyl sites for hydroxylation is 2. The van der Waals surface area contributed by atoms with Gasteiger partial charge in [-0.05, 0) is 53.4 Å². The minimum atomic E-state index is -0.263. The largest absolute Gasteiger partial charge is 0.490 e. The Labute approximate surface area is 139 Å². The van der Waals surface area contributed by atoms with Gasteiger partial charge in [-0.15, -0.1) is 0 Å². The van der Waals surface area contributed by atoms with Crippen LogP contribution in [0.15, 0.2) is 11.5 Å². The standard InChI is InChI=1S/C17H28BN3O2/c1-12-15(13(2)20-19-12)11-21-9-7-14(8-10-21)18-22-16(3,4)17(5,6)23-18/h7H,8-11H2,1-6H3,(H,19,20). The molecule has 1 N–H and O–H groups in total. The Bertz CT molecular complexity index is 586. The van der Waals surface area contributed by atoms with E-state index in [2.05, 4.69) is 62.7 Å². The van der Waals surface area contributed by atoms with Crippen LogP contribution in [0.5, 0.6) is 0 Å². The van der Waals surface area contributed by atoms with Gasteiger partial charge in [0.25, 0.3) is 0 Å². The number of aromatic amines is 1. The Hall–Kier alpha value is -1.11. The molecule has 2 aliphatic rings. The van der Waals surface area contributed by atoms with Crippen LogP contribution in [0.25, 0.3) is 0 Å².